The molecule has 2 fully saturated rings. The Balaban J connectivity index is 1.41. The zero-order valence-corrected chi connectivity index (χ0v) is 19.3. The molecule has 0 aromatic heterocycles. The Morgan fingerprint density at radius 2 is 1.77 bits per heavy atom. The van der Waals surface area contributed by atoms with Gasteiger partial charge in [-0.15, -0.1) is 0 Å². The third kappa shape index (κ3) is 4.49. The van der Waals surface area contributed by atoms with E-state index in [9.17, 15) is 4.79 Å². The fourth-order valence-electron chi connectivity index (χ4n) is 5.37. The van der Waals surface area contributed by atoms with Gasteiger partial charge in [-0.1, -0.05) is 36.7 Å². The molecule has 1 amide bonds. The molecule has 1 unspecified atom stereocenters. The van der Waals surface area contributed by atoms with Gasteiger partial charge < -0.3 is 15.1 Å². The monoisotopic (exact) mass is 435 g/mol. The maximum absolute atomic E-state index is 12.9. The molecule has 164 valence electrons. The molecule has 31 heavy (non-hydrogen) atoms. The second kappa shape index (κ2) is 9.25. The summed E-state index contributed by atoms with van der Waals surface area (Å²) in [6, 6.07) is 15.3. The van der Waals surface area contributed by atoms with Crippen molar-refractivity contribution < 1.29 is 4.79 Å². The molecule has 2 aliphatic heterocycles. The van der Waals surface area contributed by atoms with E-state index in [0.29, 0.717) is 12.0 Å². The van der Waals surface area contributed by atoms with E-state index in [0.717, 1.165) is 18.7 Å². The molecule has 5 rings (SSSR count). The van der Waals surface area contributed by atoms with Crippen molar-refractivity contribution in [2.75, 3.05) is 31.1 Å². The van der Waals surface area contributed by atoms with Crippen LogP contribution >= 0.6 is 11.8 Å². The topological polar surface area (TPSA) is 35.6 Å². The summed E-state index contributed by atoms with van der Waals surface area (Å²) < 4.78 is 0. The Hall–Kier alpha value is -1.98. The number of hydrogen-bond acceptors (Lipinski definition) is 4. The van der Waals surface area contributed by atoms with Crippen molar-refractivity contribution in [3.05, 3.63) is 48.0 Å². The average Bonchev–Trinajstić information content (AvgIpc) is 3.49. The molecule has 2 aromatic rings. The molecule has 1 atom stereocenters. The summed E-state index contributed by atoms with van der Waals surface area (Å²) in [5.41, 5.74) is 3.20. The molecule has 0 spiro atoms. The number of likely N-dealkylation sites (tertiary alicyclic amines) is 1. The molecule has 0 bridgehead atoms. The van der Waals surface area contributed by atoms with Crippen molar-refractivity contribution >= 4 is 29.0 Å². The van der Waals surface area contributed by atoms with Gasteiger partial charge in [0.1, 0.15) is 0 Å². The number of nitrogens with one attached hydrogen (secondary N) is 1. The first-order chi connectivity index (χ1) is 15.2. The first-order valence-corrected chi connectivity index (χ1v) is 12.7. The van der Waals surface area contributed by atoms with Crippen LogP contribution in [0.1, 0.15) is 55.8 Å². The third-order valence-electron chi connectivity index (χ3n) is 7.01. The van der Waals surface area contributed by atoms with Crippen molar-refractivity contribution in [1.82, 2.24) is 10.2 Å². The highest BCUT2D eigenvalue weighted by Gasteiger charge is 2.29. The minimum Gasteiger partial charge on any atom is -0.352 e. The molecular formula is C26H33N3OS. The second-order valence-electron chi connectivity index (χ2n) is 9.34. The smallest absolute Gasteiger partial charge is 0.251 e. The van der Waals surface area contributed by atoms with E-state index in [1.165, 1.54) is 72.8 Å². The molecule has 1 N–H and O–H groups in total. The lowest BCUT2D eigenvalue weighted by Gasteiger charge is -2.39. The maximum Gasteiger partial charge on any atom is 0.251 e. The summed E-state index contributed by atoms with van der Waals surface area (Å²) in [5.74, 6) is 0.715. The number of anilines is 2. The molecule has 1 aliphatic carbocycles. The van der Waals surface area contributed by atoms with Gasteiger partial charge in [-0.25, -0.2) is 0 Å². The highest BCUT2D eigenvalue weighted by molar-refractivity contribution is 7.99. The van der Waals surface area contributed by atoms with E-state index in [1.807, 2.05) is 17.8 Å². The van der Waals surface area contributed by atoms with Crippen molar-refractivity contribution in [2.45, 2.75) is 61.3 Å². The van der Waals surface area contributed by atoms with E-state index in [2.05, 4.69) is 58.4 Å². The number of carbonyl (C=O) groups is 1. The number of rotatable bonds is 6. The fraction of sp³-hybridized carbons (Fsp3) is 0.500. The lowest BCUT2D eigenvalue weighted by Crippen LogP contribution is -2.40. The van der Waals surface area contributed by atoms with Gasteiger partial charge in [0.2, 0.25) is 0 Å². The first-order valence-electron chi connectivity index (χ1n) is 11.9. The highest BCUT2D eigenvalue weighted by Crippen LogP contribution is 2.49. The second-order valence-corrected chi connectivity index (χ2v) is 10.4. The number of amides is 1. The summed E-state index contributed by atoms with van der Waals surface area (Å²) in [7, 11) is 0. The van der Waals surface area contributed by atoms with Gasteiger partial charge >= 0.3 is 0 Å². The van der Waals surface area contributed by atoms with Crippen LogP contribution < -0.4 is 10.2 Å². The van der Waals surface area contributed by atoms with Crippen LogP contribution in [0.2, 0.25) is 0 Å². The van der Waals surface area contributed by atoms with Crippen molar-refractivity contribution in [3.8, 4) is 0 Å². The standard InChI is InChI=1S/C26H33N3OS/c1-19(18-28-14-6-7-15-28)29-22-10-4-5-11-24(22)31-25-13-12-21(16-23(25)29)26(30)27-17-20-8-2-3-9-20/h4-5,10-13,16,19-20H,2-3,6-9,14-15,17-18H2,1H3,(H,27,30). The SMILES string of the molecule is CC(CN1CCCC1)N1c2ccccc2Sc2ccc(C(=O)NCC3CCCC3)cc21. The van der Waals surface area contributed by atoms with Crippen LogP contribution in [0, 0.1) is 5.92 Å². The molecular weight excluding hydrogens is 402 g/mol. The Labute approximate surface area is 190 Å². The van der Waals surface area contributed by atoms with Crippen LogP contribution in [0.15, 0.2) is 52.3 Å². The zero-order valence-electron chi connectivity index (χ0n) is 18.5. The largest absolute Gasteiger partial charge is 0.352 e. The van der Waals surface area contributed by atoms with Gasteiger partial charge in [0.05, 0.1) is 11.4 Å². The molecule has 5 heteroatoms. The van der Waals surface area contributed by atoms with Crippen LogP contribution in [0.5, 0.6) is 0 Å². The number of fused-ring (bicyclic) bond motifs is 2. The van der Waals surface area contributed by atoms with Gasteiger partial charge in [0.15, 0.2) is 0 Å². The van der Waals surface area contributed by atoms with Crippen LogP contribution in [0.3, 0.4) is 0 Å². The number of carbonyl (C=O) groups excluding carboxylic acids is 1. The Morgan fingerprint density at radius 3 is 2.58 bits per heavy atom. The van der Waals surface area contributed by atoms with Crippen molar-refractivity contribution in [3.63, 3.8) is 0 Å². The molecule has 3 aliphatic rings. The number of para-hydroxylation sites is 1. The molecule has 1 saturated carbocycles. The lowest BCUT2D eigenvalue weighted by atomic mass is 10.1. The van der Waals surface area contributed by atoms with Crippen LogP contribution in [0.25, 0.3) is 0 Å². The minimum absolute atomic E-state index is 0.0608. The predicted molar refractivity (Wildman–Crippen MR) is 129 cm³/mol. The summed E-state index contributed by atoms with van der Waals surface area (Å²) in [4.78, 5) is 20.5. The Kier molecular flexibility index (Phi) is 6.24. The summed E-state index contributed by atoms with van der Waals surface area (Å²) in [5, 5.41) is 3.20. The number of benzene rings is 2. The summed E-state index contributed by atoms with van der Waals surface area (Å²) >= 11 is 1.81. The number of nitrogens with zero attached hydrogens (tertiary/aromatic N) is 2. The van der Waals surface area contributed by atoms with Crippen LogP contribution in [-0.2, 0) is 0 Å². The van der Waals surface area contributed by atoms with Gasteiger partial charge in [-0.3, -0.25) is 4.79 Å². The van der Waals surface area contributed by atoms with E-state index in [-0.39, 0.29) is 5.91 Å². The summed E-state index contributed by atoms with van der Waals surface area (Å²) in [6.07, 6.45) is 7.72. The van der Waals surface area contributed by atoms with E-state index >= 15 is 0 Å². The summed E-state index contributed by atoms with van der Waals surface area (Å²) in [6.45, 7) is 6.58. The quantitative estimate of drug-likeness (QED) is 0.632. The highest BCUT2D eigenvalue weighted by atomic mass is 32.2. The molecule has 0 radical (unpaired) electrons. The van der Waals surface area contributed by atoms with Gasteiger partial charge in [0.25, 0.3) is 5.91 Å². The lowest BCUT2D eigenvalue weighted by molar-refractivity contribution is 0.0947. The van der Waals surface area contributed by atoms with Gasteiger partial charge in [-0.05, 0) is 81.9 Å². The molecule has 2 aromatic carbocycles. The van der Waals surface area contributed by atoms with Gasteiger partial charge in [-0.2, -0.15) is 0 Å². The van der Waals surface area contributed by atoms with Crippen LogP contribution in [0.4, 0.5) is 11.4 Å². The number of hydrogen-bond donors (Lipinski definition) is 1. The minimum atomic E-state index is 0.0608. The molecule has 1 saturated heterocycles. The average molecular weight is 436 g/mol. The third-order valence-corrected chi connectivity index (χ3v) is 8.14. The van der Waals surface area contributed by atoms with Crippen molar-refractivity contribution in [2.24, 2.45) is 5.92 Å². The van der Waals surface area contributed by atoms with E-state index in [1.54, 1.807) is 0 Å². The fourth-order valence-corrected chi connectivity index (χ4v) is 6.43. The maximum atomic E-state index is 12.9. The zero-order chi connectivity index (χ0) is 21.2. The normalized spacial score (nSPS) is 19.8. The molecule has 2 heterocycles. The molecule has 4 nitrogen and oxygen atoms in total. The Morgan fingerprint density at radius 1 is 1.03 bits per heavy atom. The first kappa shape index (κ1) is 20.9. The van der Waals surface area contributed by atoms with Crippen LogP contribution in [-0.4, -0.2) is 43.0 Å². The predicted octanol–water partition coefficient (Wildman–Crippen LogP) is 5.69. The Bertz CT molecular complexity index is 934. The van der Waals surface area contributed by atoms with Gasteiger partial charge in [0, 0.05) is 34.5 Å². The van der Waals surface area contributed by atoms with Crippen molar-refractivity contribution in [1.29, 1.82) is 0 Å². The van der Waals surface area contributed by atoms with E-state index in [4.69, 9.17) is 0 Å². The van der Waals surface area contributed by atoms with E-state index < -0.39 is 0 Å².